The first-order chi connectivity index (χ1) is 6.74. The van der Waals surface area contributed by atoms with Gasteiger partial charge in [0, 0.05) is 24.4 Å². The highest BCUT2D eigenvalue weighted by molar-refractivity contribution is 6.18. The predicted molar refractivity (Wildman–Crippen MR) is 58.7 cm³/mol. The molecule has 0 saturated carbocycles. The Morgan fingerprint density at radius 1 is 1.36 bits per heavy atom. The normalized spacial score (nSPS) is 10.7. The van der Waals surface area contributed by atoms with Crippen molar-refractivity contribution < 1.29 is 0 Å². The van der Waals surface area contributed by atoms with Gasteiger partial charge in [-0.05, 0) is 11.6 Å². The third-order valence-corrected chi connectivity index (χ3v) is 2.67. The average Bonchev–Trinajstić information content (AvgIpc) is 2.23. The summed E-state index contributed by atoms with van der Waals surface area (Å²) in [6, 6.07) is 9.36. The van der Waals surface area contributed by atoms with Crippen LogP contribution in [0.3, 0.4) is 0 Å². The van der Waals surface area contributed by atoms with Crippen LogP contribution in [0.15, 0.2) is 35.1 Å². The van der Waals surface area contributed by atoms with Gasteiger partial charge in [0.1, 0.15) is 0 Å². The Hall–Kier alpha value is -1.28. The van der Waals surface area contributed by atoms with Gasteiger partial charge in [-0.1, -0.05) is 18.2 Å². The van der Waals surface area contributed by atoms with E-state index in [2.05, 4.69) is 0 Å². The molecule has 0 bridgehead atoms. The Morgan fingerprint density at radius 3 is 2.79 bits per heavy atom. The Labute approximate surface area is 86.7 Å². The van der Waals surface area contributed by atoms with Crippen LogP contribution < -0.4 is 5.56 Å². The molecule has 1 aromatic carbocycles. The predicted octanol–water partition coefficient (Wildman–Crippen LogP) is 2.28. The number of para-hydroxylation sites is 1. The summed E-state index contributed by atoms with van der Waals surface area (Å²) in [6.45, 7) is 0. The molecule has 2 nitrogen and oxygen atoms in total. The quantitative estimate of drug-likeness (QED) is 0.658. The molecule has 1 aromatic heterocycles. The maximum atomic E-state index is 11.5. The molecule has 2 rings (SSSR count). The van der Waals surface area contributed by atoms with E-state index in [9.17, 15) is 4.79 Å². The Balaban J connectivity index is 2.97. The van der Waals surface area contributed by atoms with Gasteiger partial charge in [0.15, 0.2) is 0 Å². The van der Waals surface area contributed by atoms with Crippen molar-refractivity contribution in [2.45, 2.75) is 5.88 Å². The first-order valence-electron chi connectivity index (χ1n) is 4.37. The van der Waals surface area contributed by atoms with E-state index < -0.39 is 0 Å². The lowest BCUT2D eigenvalue weighted by Gasteiger charge is -2.07. The molecule has 0 N–H and O–H groups in total. The van der Waals surface area contributed by atoms with Crippen molar-refractivity contribution in [3.05, 3.63) is 46.2 Å². The number of benzene rings is 1. The molecule has 0 aliphatic carbocycles. The smallest absolute Gasteiger partial charge is 0.251 e. The molecule has 72 valence electrons. The second-order valence-corrected chi connectivity index (χ2v) is 3.48. The maximum Gasteiger partial charge on any atom is 0.251 e. The van der Waals surface area contributed by atoms with Crippen LogP contribution in [0.5, 0.6) is 0 Å². The minimum absolute atomic E-state index is 0.0145. The van der Waals surface area contributed by atoms with E-state index in [4.69, 9.17) is 11.6 Å². The molecule has 0 fully saturated rings. The molecule has 0 atom stereocenters. The molecule has 2 aromatic rings. The fraction of sp³-hybridized carbons (Fsp3) is 0.182. The van der Waals surface area contributed by atoms with Crippen molar-refractivity contribution in [3.8, 4) is 0 Å². The summed E-state index contributed by atoms with van der Waals surface area (Å²) in [4.78, 5) is 11.5. The number of alkyl halides is 1. The number of aromatic nitrogens is 1. The van der Waals surface area contributed by atoms with Crippen LogP contribution >= 0.6 is 11.6 Å². The molecule has 0 aliphatic rings. The summed E-state index contributed by atoms with van der Waals surface area (Å²) >= 11 is 5.78. The molecule has 1 heterocycles. The van der Waals surface area contributed by atoms with Gasteiger partial charge < -0.3 is 4.57 Å². The number of nitrogens with zero attached hydrogens (tertiary/aromatic N) is 1. The van der Waals surface area contributed by atoms with Crippen molar-refractivity contribution in [1.82, 2.24) is 4.57 Å². The topological polar surface area (TPSA) is 22.0 Å². The van der Waals surface area contributed by atoms with Gasteiger partial charge >= 0.3 is 0 Å². The van der Waals surface area contributed by atoms with E-state index >= 15 is 0 Å². The van der Waals surface area contributed by atoms with Crippen LogP contribution in [-0.4, -0.2) is 4.57 Å². The van der Waals surface area contributed by atoms with E-state index in [1.54, 1.807) is 17.7 Å². The number of halogens is 1. The van der Waals surface area contributed by atoms with Gasteiger partial charge in [-0.3, -0.25) is 4.79 Å². The number of hydrogen-bond acceptors (Lipinski definition) is 1. The van der Waals surface area contributed by atoms with Gasteiger partial charge in [-0.25, -0.2) is 0 Å². The summed E-state index contributed by atoms with van der Waals surface area (Å²) in [5, 5.41) is 1.05. The zero-order valence-corrected chi connectivity index (χ0v) is 8.58. The summed E-state index contributed by atoms with van der Waals surface area (Å²) in [5.41, 5.74) is 1.81. The van der Waals surface area contributed by atoms with Gasteiger partial charge in [0.2, 0.25) is 0 Å². The van der Waals surface area contributed by atoms with Crippen LogP contribution in [0.2, 0.25) is 0 Å². The van der Waals surface area contributed by atoms with E-state index in [1.165, 1.54) is 0 Å². The van der Waals surface area contributed by atoms with Crippen LogP contribution in [0.25, 0.3) is 10.9 Å². The number of fused-ring (bicyclic) bond motifs is 1. The molecular formula is C11H10ClNO. The molecule has 3 heteroatoms. The monoisotopic (exact) mass is 207 g/mol. The number of hydrogen-bond donors (Lipinski definition) is 0. The van der Waals surface area contributed by atoms with Crippen molar-refractivity contribution in [1.29, 1.82) is 0 Å². The highest BCUT2D eigenvalue weighted by atomic mass is 35.5. The summed E-state index contributed by atoms with van der Waals surface area (Å²) in [6.07, 6.45) is 0. The van der Waals surface area contributed by atoms with E-state index in [1.807, 2.05) is 24.3 Å². The molecule has 0 aliphatic heterocycles. The second-order valence-electron chi connectivity index (χ2n) is 3.22. The summed E-state index contributed by atoms with van der Waals surface area (Å²) in [5.74, 6) is 0.372. The van der Waals surface area contributed by atoms with Gasteiger partial charge in [0.25, 0.3) is 5.56 Å². The first kappa shape index (κ1) is 9.28. The van der Waals surface area contributed by atoms with Crippen molar-refractivity contribution >= 4 is 22.5 Å². The largest absolute Gasteiger partial charge is 0.311 e. The van der Waals surface area contributed by atoms with E-state index in [0.717, 1.165) is 16.5 Å². The number of pyridine rings is 1. The Morgan fingerprint density at radius 2 is 2.07 bits per heavy atom. The molecule has 0 saturated heterocycles. The van der Waals surface area contributed by atoms with Gasteiger partial charge in [0.05, 0.1) is 5.52 Å². The third-order valence-electron chi connectivity index (χ3n) is 2.38. The zero-order chi connectivity index (χ0) is 10.1. The van der Waals surface area contributed by atoms with Crippen LogP contribution in [0, 0.1) is 0 Å². The fourth-order valence-electron chi connectivity index (χ4n) is 1.59. The third kappa shape index (κ3) is 1.32. The Bertz CT molecular complexity index is 530. The van der Waals surface area contributed by atoms with Crippen molar-refractivity contribution in [3.63, 3.8) is 0 Å². The standard InChI is InChI=1S/C11H10ClNO/c1-13-10-5-3-2-4-9(10)8(7-12)6-11(13)14/h2-6H,7H2,1H3. The van der Waals surface area contributed by atoms with E-state index in [-0.39, 0.29) is 5.56 Å². The number of rotatable bonds is 1. The second kappa shape index (κ2) is 3.46. The average molecular weight is 208 g/mol. The molecule has 0 amide bonds. The highest BCUT2D eigenvalue weighted by Crippen LogP contribution is 2.17. The SMILES string of the molecule is Cn1c(=O)cc(CCl)c2ccccc21. The van der Waals surface area contributed by atoms with Crippen molar-refractivity contribution in [2.24, 2.45) is 7.05 Å². The molecule has 0 spiro atoms. The van der Waals surface area contributed by atoms with Gasteiger partial charge in [-0.15, -0.1) is 11.6 Å². The van der Waals surface area contributed by atoms with Crippen molar-refractivity contribution in [2.75, 3.05) is 0 Å². The van der Waals surface area contributed by atoms with Gasteiger partial charge in [-0.2, -0.15) is 0 Å². The molecule has 14 heavy (non-hydrogen) atoms. The minimum atomic E-state index is -0.0145. The molecular weight excluding hydrogens is 198 g/mol. The Kier molecular flexibility index (Phi) is 2.30. The van der Waals surface area contributed by atoms with Crippen LogP contribution in [-0.2, 0) is 12.9 Å². The zero-order valence-electron chi connectivity index (χ0n) is 7.83. The molecule has 0 radical (unpaired) electrons. The highest BCUT2D eigenvalue weighted by Gasteiger charge is 2.03. The minimum Gasteiger partial charge on any atom is -0.311 e. The summed E-state index contributed by atoms with van der Waals surface area (Å²) < 4.78 is 1.63. The molecule has 0 unspecified atom stereocenters. The lowest BCUT2D eigenvalue weighted by molar-refractivity contribution is 0.902. The number of aryl methyl sites for hydroxylation is 1. The lowest BCUT2D eigenvalue weighted by Crippen LogP contribution is -2.16. The van der Waals surface area contributed by atoms with Crippen LogP contribution in [0.1, 0.15) is 5.56 Å². The summed E-state index contributed by atoms with van der Waals surface area (Å²) in [7, 11) is 1.77. The first-order valence-corrected chi connectivity index (χ1v) is 4.91. The van der Waals surface area contributed by atoms with Crippen LogP contribution in [0.4, 0.5) is 0 Å². The maximum absolute atomic E-state index is 11.5. The fourth-order valence-corrected chi connectivity index (χ4v) is 1.81. The van der Waals surface area contributed by atoms with E-state index in [0.29, 0.717) is 5.88 Å². The lowest BCUT2D eigenvalue weighted by atomic mass is 10.1.